The number of carbonyl (C=O) groups is 1. The summed E-state index contributed by atoms with van der Waals surface area (Å²) in [4.78, 5) is 16.5. The molecule has 4 rings (SSSR count). The van der Waals surface area contributed by atoms with Crippen LogP contribution >= 0.6 is 0 Å². The van der Waals surface area contributed by atoms with Crippen molar-refractivity contribution in [3.8, 4) is 0 Å². The zero-order valence-electron chi connectivity index (χ0n) is 14.7. The Balaban J connectivity index is 1.53. The summed E-state index contributed by atoms with van der Waals surface area (Å²) in [5.41, 5.74) is 1.36. The molecule has 1 aromatic carbocycles. The van der Waals surface area contributed by atoms with Crippen molar-refractivity contribution < 1.29 is 13.2 Å². The lowest BCUT2D eigenvalue weighted by Gasteiger charge is -2.28. The fourth-order valence-electron chi connectivity index (χ4n) is 3.78. The van der Waals surface area contributed by atoms with Crippen molar-refractivity contribution in [2.75, 3.05) is 20.1 Å². The third kappa shape index (κ3) is 3.03. The highest BCUT2D eigenvalue weighted by Crippen LogP contribution is 2.24. The molecule has 1 atom stereocenters. The molecule has 138 valence electrons. The largest absolute Gasteiger partial charge is 0.352 e. The third-order valence-corrected chi connectivity index (χ3v) is 7.08. The van der Waals surface area contributed by atoms with Gasteiger partial charge in [0, 0.05) is 51.1 Å². The summed E-state index contributed by atoms with van der Waals surface area (Å²) in [6, 6.07) is 4.87. The van der Waals surface area contributed by atoms with Crippen LogP contribution in [0.25, 0.3) is 0 Å². The number of benzene rings is 1. The number of nitrogens with one attached hydrogen (secondary N) is 1. The van der Waals surface area contributed by atoms with Crippen molar-refractivity contribution in [3.63, 3.8) is 0 Å². The van der Waals surface area contributed by atoms with Gasteiger partial charge in [0.05, 0.1) is 4.90 Å². The van der Waals surface area contributed by atoms with Gasteiger partial charge in [0.1, 0.15) is 5.82 Å². The molecule has 2 aliphatic heterocycles. The highest BCUT2D eigenvalue weighted by molar-refractivity contribution is 7.89. The van der Waals surface area contributed by atoms with Gasteiger partial charge in [0.15, 0.2) is 0 Å². The highest BCUT2D eigenvalue weighted by atomic mass is 32.2. The lowest BCUT2D eigenvalue weighted by atomic mass is 10.00. The summed E-state index contributed by atoms with van der Waals surface area (Å²) in [6.07, 6.45) is 6.25. The molecule has 1 amide bonds. The number of hydrogen-bond acceptors (Lipinski definition) is 4. The van der Waals surface area contributed by atoms with Crippen LogP contribution in [0.15, 0.2) is 35.5 Å². The van der Waals surface area contributed by atoms with Crippen molar-refractivity contribution in [1.29, 1.82) is 0 Å². The minimum Gasteiger partial charge on any atom is -0.352 e. The molecule has 2 aromatic rings. The molecule has 7 nitrogen and oxygen atoms in total. The van der Waals surface area contributed by atoms with E-state index in [1.54, 1.807) is 25.4 Å². The predicted octanol–water partition coefficient (Wildman–Crippen LogP) is 1.05. The van der Waals surface area contributed by atoms with E-state index in [1.807, 2.05) is 6.20 Å². The van der Waals surface area contributed by atoms with Crippen molar-refractivity contribution in [1.82, 2.24) is 19.2 Å². The van der Waals surface area contributed by atoms with Crippen LogP contribution in [0.5, 0.6) is 0 Å². The Hall–Kier alpha value is -2.19. The molecule has 2 aliphatic rings. The smallest absolute Gasteiger partial charge is 0.251 e. The Kier molecular flexibility index (Phi) is 4.32. The number of fused-ring (bicyclic) bond motifs is 2. The zero-order valence-corrected chi connectivity index (χ0v) is 15.5. The van der Waals surface area contributed by atoms with Gasteiger partial charge in [-0.1, -0.05) is 6.07 Å². The maximum absolute atomic E-state index is 13.0. The van der Waals surface area contributed by atoms with Gasteiger partial charge in [-0.2, -0.15) is 0 Å². The van der Waals surface area contributed by atoms with Gasteiger partial charge < -0.3 is 9.88 Å². The SMILES string of the molecule is CN(C[C@H]1CCc2nccn2C1)S(=O)(=O)c1ccc2c(c1)C(=O)NCC2. The van der Waals surface area contributed by atoms with Gasteiger partial charge >= 0.3 is 0 Å². The van der Waals surface area contributed by atoms with E-state index in [9.17, 15) is 13.2 Å². The van der Waals surface area contributed by atoms with Crippen molar-refractivity contribution in [3.05, 3.63) is 47.5 Å². The zero-order chi connectivity index (χ0) is 18.3. The number of amides is 1. The molecule has 0 saturated carbocycles. The van der Waals surface area contributed by atoms with E-state index < -0.39 is 10.0 Å². The molecule has 0 radical (unpaired) electrons. The Bertz CT molecular complexity index is 951. The Morgan fingerprint density at radius 1 is 1.35 bits per heavy atom. The normalized spacial score (nSPS) is 19.8. The van der Waals surface area contributed by atoms with Crippen molar-refractivity contribution in [2.24, 2.45) is 5.92 Å². The summed E-state index contributed by atoms with van der Waals surface area (Å²) < 4.78 is 29.4. The van der Waals surface area contributed by atoms with Gasteiger partial charge in [-0.05, 0) is 36.5 Å². The molecule has 1 N–H and O–H groups in total. The van der Waals surface area contributed by atoms with Crippen molar-refractivity contribution in [2.45, 2.75) is 30.7 Å². The van der Waals surface area contributed by atoms with Crippen LogP contribution in [0.2, 0.25) is 0 Å². The lowest BCUT2D eigenvalue weighted by Crippen LogP contribution is -2.36. The Labute approximate surface area is 153 Å². The standard InChI is InChI=1S/C18H22N4O3S/c1-21(11-13-2-5-17-19-8-9-22(17)12-13)26(24,25)15-4-3-14-6-7-20-18(23)16(14)10-15/h3-4,8-10,13H,2,5-7,11-12H2,1H3,(H,20,23)/t13-/m1/s1. The number of aryl methyl sites for hydroxylation is 1. The van der Waals surface area contributed by atoms with Gasteiger partial charge in [-0.3, -0.25) is 4.79 Å². The first-order valence-corrected chi connectivity index (χ1v) is 10.3. The van der Waals surface area contributed by atoms with Crippen LogP contribution in [0.4, 0.5) is 0 Å². The van der Waals surface area contributed by atoms with Crippen LogP contribution in [-0.2, 0) is 29.4 Å². The van der Waals surface area contributed by atoms with Crippen LogP contribution in [0, 0.1) is 5.92 Å². The molecule has 0 saturated heterocycles. The number of aromatic nitrogens is 2. The molecular formula is C18H22N4O3S. The second-order valence-electron chi connectivity index (χ2n) is 7.01. The number of nitrogens with zero attached hydrogens (tertiary/aromatic N) is 3. The first-order valence-electron chi connectivity index (χ1n) is 8.82. The molecule has 0 aliphatic carbocycles. The van der Waals surface area contributed by atoms with E-state index in [0.29, 0.717) is 18.7 Å². The quantitative estimate of drug-likeness (QED) is 0.867. The first-order chi connectivity index (χ1) is 12.4. The van der Waals surface area contributed by atoms with Crippen LogP contribution in [0.3, 0.4) is 0 Å². The van der Waals surface area contributed by atoms with Crippen LogP contribution < -0.4 is 5.32 Å². The van der Waals surface area contributed by atoms with E-state index in [2.05, 4.69) is 14.9 Å². The van der Waals surface area contributed by atoms with E-state index in [0.717, 1.165) is 37.2 Å². The highest BCUT2D eigenvalue weighted by Gasteiger charge is 2.28. The molecule has 8 heteroatoms. The third-order valence-electron chi connectivity index (χ3n) is 5.26. The summed E-state index contributed by atoms with van der Waals surface area (Å²) in [5.74, 6) is 1.11. The lowest BCUT2D eigenvalue weighted by molar-refractivity contribution is 0.0945. The first kappa shape index (κ1) is 17.2. The average Bonchev–Trinajstić information content (AvgIpc) is 3.09. The summed E-state index contributed by atoms with van der Waals surface area (Å²) in [5, 5.41) is 2.76. The summed E-state index contributed by atoms with van der Waals surface area (Å²) >= 11 is 0. The molecule has 3 heterocycles. The minimum absolute atomic E-state index is 0.176. The topological polar surface area (TPSA) is 84.3 Å². The van der Waals surface area contributed by atoms with Gasteiger partial charge in [-0.15, -0.1) is 0 Å². The molecular weight excluding hydrogens is 352 g/mol. The molecule has 1 aromatic heterocycles. The summed E-state index contributed by atoms with van der Waals surface area (Å²) in [6.45, 7) is 1.82. The number of carbonyl (C=O) groups excluding carboxylic acids is 1. The number of sulfonamides is 1. The minimum atomic E-state index is -3.63. The number of rotatable bonds is 4. The van der Waals surface area contributed by atoms with Gasteiger partial charge in [-0.25, -0.2) is 17.7 Å². The van der Waals surface area contributed by atoms with Gasteiger partial charge in [0.2, 0.25) is 10.0 Å². The molecule has 26 heavy (non-hydrogen) atoms. The van der Waals surface area contributed by atoms with E-state index >= 15 is 0 Å². The molecule has 0 bridgehead atoms. The molecule has 0 fully saturated rings. The molecule has 0 spiro atoms. The van der Waals surface area contributed by atoms with E-state index in [1.165, 1.54) is 10.4 Å². The second-order valence-corrected chi connectivity index (χ2v) is 9.06. The predicted molar refractivity (Wildman–Crippen MR) is 96.3 cm³/mol. The van der Waals surface area contributed by atoms with E-state index in [-0.39, 0.29) is 16.7 Å². The second kappa shape index (κ2) is 6.51. The van der Waals surface area contributed by atoms with Crippen LogP contribution in [0.1, 0.15) is 28.2 Å². The maximum atomic E-state index is 13.0. The maximum Gasteiger partial charge on any atom is 0.251 e. The Morgan fingerprint density at radius 3 is 3.04 bits per heavy atom. The number of imidazole rings is 1. The van der Waals surface area contributed by atoms with Crippen LogP contribution in [-0.4, -0.2) is 48.3 Å². The van der Waals surface area contributed by atoms with Crippen molar-refractivity contribution >= 4 is 15.9 Å². The van der Waals surface area contributed by atoms with E-state index in [4.69, 9.17) is 0 Å². The Morgan fingerprint density at radius 2 is 2.19 bits per heavy atom. The fourth-order valence-corrected chi connectivity index (χ4v) is 5.05. The molecule has 0 unspecified atom stereocenters. The van der Waals surface area contributed by atoms with Gasteiger partial charge in [0.25, 0.3) is 5.91 Å². The fraction of sp³-hybridized carbons (Fsp3) is 0.444. The average molecular weight is 374 g/mol. The monoisotopic (exact) mass is 374 g/mol. The summed E-state index contributed by atoms with van der Waals surface area (Å²) in [7, 11) is -2.02. The number of hydrogen-bond donors (Lipinski definition) is 1.